The summed E-state index contributed by atoms with van der Waals surface area (Å²) >= 11 is 0. The molecule has 0 aliphatic heterocycles. The van der Waals surface area contributed by atoms with Crippen LogP contribution in [0.3, 0.4) is 0 Å². The van der Waals surface area contributed by atoms with Crippen LogP contribution in [0.15, 0.2) is 60.6 Å². The van der Waals surface area contributed by atoms with E-state index in [0.29, 0.717) is 0 Å². The van der Waals surface area contributed by atoms with Crippen LogP contribution in [-0.4, -0.2) is 53.3 Å². The van der Waals surface area contributed by atoms with Crippen LogP contribution in [-0.2, 0) is 19.1 Å². The normalized spacial score (nSPS) is 10.6. The first kappa shape index (κ1) is 26.4. The van der Waals surface area contributed by atoms with Crippen molar-refractivity contribution >= 4 is 35.2 Å². The number of nitrogens with zero attached hydrogens (tertiary/aromatic N) is 2. The minimum Gasteiger partial charge on any atom is -0.465 e. The molecule has 0 bridgehead atoms. The number of benzene rings is 1. The van der Waals surface area contributed by atoms with E-state index in [1.165, 1.54) is 30.5 Å². The molecule has 3 amide bonds. The Hall–Kier alpha value is -4.81. The van der Waals surface area contributed by atoms with Gasteiger partial charge in [-0.05, 0) is 25.1 Å². The fourth-order valence-electron chi connectivity index (χ4n) is 2.59. The lowest BCUT2D eigenvalue weighted by Crippen LogP contribution is -2.38. The number of hydrogen-bond donors (Lipinski definition) is 4. The second kappa shape index (κ2) is 13.7. The summed E-state index contributed by atoms with van der Waals surface area (Å²) in [5, 5.41) is 21.0. The molecule has 0 unspecified atom stereocenters. The van der Waals surface area contributed by atoms with E-state index in [2.05, 4.69) is 26.3 Å². The Morgan fingerprint density at radius 2 is 1.83 bits per heavy atom. The standard InChI is InChI=1S/C22H24N6O7/c1-2-35-19(30)14-25-18(29)10-12-24-22(32)16(27-21(31)15-7-4-3-5-8-15)13-26-20-17(28(33)34)9-6-11-23-20/h3-9,11,13H,2,10,12,14H2,1H3,(H,23,26)(H,24,32)(H,25,29)(H,27,31)/b16-13+. The predicted molar refractivity (Wildman–Crippen MR) is 124 cm³/mol. The van der Waals surface area contributed by atoms with Gasteiger partial charge in [0.15, 0.2) is 0 Å². The molecule has 13 heteroatoms. The number of carbonyl (C=O) groups excluding carboxylic acids is 4. The third-order valence-corrected chi connectivity index (χ3v) is 4.24. The summed E-state index contributed by atoms with van der Waals surface area (Å²) < 4.78 is 4.70. The average Bonchev–Trinajstić information content (AvgIpc) is 2.85. The topological polar surface area (TPSA) is 182 Å². The number of ether oxygens (including phenoxy) is 1. The number of aromatic nitrogens is 1. The van der Waals surface area contributed by atoms with Crippen molar-refractivity contribution < 1.29 is 28.8 Å². The van der Waals surface area contributed by atoms with Crippen LogP contribution in [0.4, 0.5) is 11.5 Å². The molecule has 184 valence electrons. The third-order valence-electron chi connectivity index (χ3n) is 4.24. The molecule has 1 aromatic heterocycles. The lowest BCUT2D eigenvalue weighted by atomic mass is 10.2. The molecule has 0 radical (unpaired) electrons. The molecule has 0 saturated heterocycles. The predicted octanol–water partition coefficient (Wildman–Crippen LogP) is 0.859. The molecule has 2 rings (SSSR count). The summed E-state index contributed by atoms with van der Waals surface area (Å²) in [5.41, 5.74) is -0.338. The third kappa shape index (κ3) is 8.92. The molecule has 35 heavy (non-hydrogen) atoms. The molecule has 0 aliphatic carbocycles. The zero-order valence-electron chi connectivity index (χ0n) is 18.8. The number of amides is 3. The maximum absolute atomic E-state index is 12.7. The van der Waals surface area contributed by atoms with Crippen LogP contribution in [0.2, 0.25) is 0 Å². The summed E-state index contributed by atoms with van der Waals surface area (Å²) in [4.78, 5) is 62.8. The summed E-state index contributed by atoms with van der Waals surface area (Å²) in [5.74, 6) is -2.60. The minimum atomic E-state index is -0.765. The SMILES string of the molecule is CCOC(=O)CNC(=O)CCNC(=O)/C(=C\Nc1ncccc1[N+](=O)[O-])NC(=O)c1ccccc1. The van der Waals surface area contributed by atoms with Gasteiger partial charge in [-0.15, -0.1) is 0 Å². The van der Waals surface area contributed by atoms with E-state index in [-0.39, 0.29) is 48.9 Å². The van der Waals surface area contributed by atoms with Crippen LogP contribution < -0.4 is 21.3 Å². The number of anilines is 1. The van der Waals surface area contributed by atoms with Crippen molar-refractivity contribution in [2.45, 2.75) is 13.3 Å². The van der Waals surface area contributed by atoms with E-state index < -0.39 is 28.6 Å². The molecule has 4 N–H and O–H groups in total. The summed E-state index contributed by atoms with van der Waals surface area (Å²) in [6.45, 7) is 1.41. The quantitative estimate of drug-likeness (QED) is 0.147. The number of hydrogen-bond acceptors (Lipinski definition) is 9. The number of pyridine rings is 1. The highest BCUT2D eigenvalue weighted by atomic mass is 16.6. The minimum absolute atomic E-state index is 0.115. The van der Waals surface area contributed by atoms with E-state index in [4.69, 9.17) is 4.74 Å². The number of nitro groups is 1. The van der Waals surface area contributed by atoms with Crippen LogP contribution in [0.5, 0.6) is 0 Å². The van der Waals surface area contributed by atoms with Crippen molar-refractivity contribution in [3.8, 4) is 0 Å². The van der Waals surface area contributed by atoms with E-state index in [9.17, 15) is 29.3 Å². The number of rotatable bonds is 12. The Balaban J connectivity index is 2.07. The smallest absolute Gasteiger partial charge is 0.325 e. The zero-order valence-corrected chi connectivity index (χ0v) is 18.8. The van der Waals surface area contributed by atoms with Crippen molar-refractivity contribution in [1.29, 1.82) is 0 Å². The van der Waals surface area contributed by atoms with Gasteiger partial charge in [0, 0.05) is 37.0 Å². The van der Waals surface area contributed by atoms with Crippen molar-refractivity contribution in [1.82, 2.24) is 20.9 Å². The van der Waals surface area contributed by atoms with Gasteiger partial charge in [0.2, 0.25) is 11.7 Å². The van der Waals surface area contributed by atoms with Gasteiger partial charge in [-0.25, -0.2) is 4.98 Å². The van der Waals surface area contributed by atoms with E-state index in [1.54, 1.807) is 25.1 Å². The maximum Gasteiger partial charge on any atom is 0.325 e. The van der Waals surface area contributed by atoms with Gasteiger partial charge in [0.25, 0.3) is 11.8 Å². The monoisotopic (exact) mass is 484 g/mol. The highest BCUT2D eigenvalue weighted by molar-refractivity contribution is 6.03. The molecule has 0 fully saturated rings. The Morgan fingerprint density at radius 3 is 2.51 bits per heavy atom. The lowest BCUT2D eigenvalue weighted by molar-refractivity contribution is -0.384. The first-order chi connectivity index (χ1) is 16.8. The van der Waals surface area contributed by atoms with Crippen LogP contribution in [0.25, 0.3) is 0 Å². The van der Waals surface area contributed by atoms with Crippen molar-refractivity contribution in [2.75, 3.05) is 25.0 Å². The van der Waals surface area contributed by atoms with Gasteiger partial charge >= 0.3 is 11.7 Å². The van der Waals surface area contributed by atoms with Gasteiger partial charge in [0.05, 0.1) is 11.5 Å². The van der Waals surface area contributed by atoms with Crippen molar-refractivity contribution in [3.63, 3.8) is 0 Å². The Morgan fingerprint density at radius 1 is 1.09 bits per heavy atom. The molecule has 1 heterocycles. The first-order valence-corrected chi connectivity index (χ1v) is 10.4. The second-order valence-electron chi connectivity index (χ2n) is 6.74. The summed E-state index contributed by atoms with van der Waals surface area (Å²) in [7, 11) is 0. The molecule has 0 atom stereocenters. The lowest BCUT2D eigenvalue weighted by Gasteiger charge is -2.12. The Kier molecular flexibility index (Phi) is 10.3. The molecule has 0 saturated carbocycles. The van der Waals surface area contributed by atoms with Crippen LogP contribution in [0.1, 0.15) is 23.7 Å². The van der Waals surface area contributed by atoms with Crippen molar-refractivity contribution in [2.24, 2.45) is 0 Å². The second-order valence-corrected chi connectivity index (χ2v) is 6.74. The zero-order chi connectivity index (χ0) is 25.6. The largest absolute Gasteiger partial charge is 0.465 e. The molecule has 1 aromatic carbocycles. The maximum atomic E-state index is 12.7. The van der Waals surface area contributed by atoms with E-state index in [1.807, 2.05) is 0 Å². The van der Waals surface area contributed by atoms with Crippen LogP contribution in [0, 0.1) is 10.1 Å². The number of carbonyl (C=O) groups is 4. The molecule has 2 aromatic rings. The van der Waals surface area contributed by atoms with Gasteiger partial charge in [-0.2, -0.15) is 0 Å². The van der Waals surface area contributed by atoms with Gasteiger partial charge in [-0.3, -0.25) is 29.3 Å². The number of esters is 1. The molecule has 0 aliphatic rings. The van der Waals surface area contributed by atoms with E-state index in [0.717, 1.165) is 6.20 Å². The van der Waals surface area contributed by atoms with E-state index >= 15 is 0 Å². The highest BCUT2D eigenvalue weighted by Crippen LogP contribution is 2.20. The fourth-order valence-corrected chi connectivity index (χ4v) is 2.59. The molecule has 13 nitrogen and oxygen atoms in total. The summed E-state index contributed by atoms with van der Waals surface area (Å²) in [6, 6.07) is 10.7. The Labute approximate surface area is 200 Å². The Bertz CT molecular complexity index is 1100. The van der Waals surface area contributed by atoms with Gasteiger partial charge < -0.3 is 26.0 Å². The fraction of sp³-hybridized carbons (Fsp3) is 0.227. The molecule has 0 spiro atoms. The van der Waals surface area contributed by atoms with Gasteiger partial charge in [-0.1, -0.05) is 18.2 Å². The van der Waals surface area contributed by atoms with Gasteiger partial charge in [0.1, 0.15) is 12.2 Å². The molecular weight excluding hydrogens is 460 g/mol. The molecular formula is C22H24N6O7. The average molecular weight is 484 g/mol. The first-order valence-electron chi connectivity index (χ1n) is 10.4. The summed E-state index contributed by atoms with van der Waals surface area (Å²) in [6.07, 6.45) is 2.23. The van der Waals surface area contributed by atoms with Crippen LogP contribution >= 0.6 is 0 Å². The number of nitrogens with one attached hydrogen (secondary N) is 4. The highest BCUT2D eigenvalue weighted by Gasteiger charge is 2.17. The van der Waals surface area contributed by atoms with Crippen molar-refractivity contribution in [3.05, 3.63) is 76.2 Å².